The van der Waals surface area contributed by atoms with Gasteiger partial charge in [0.05, 0.1) is 16.4 Å². The van der Waals surface area contributed by atoms with E-state index in [1.807, 2.05) is 6.92 Å². The lowest BCUT2D eigenvalue weighted by molar-refractivity contribution is 0.176. The first-order valence-electron chi connectivity index (χ1n) is 4.79. The maximum Gasteiger partial charge on any atom is 0.167 e. The van der Waals surface area contributed by atoms with Crippen LogP contribution in [0.4, 0.5) is 4.39 Å². The van der Waals surface area contributed by atoms with Crippen LogP contribution in [0.3, 0.4) is 0 Å². The number of aryl methyl sites for hydroxylation is 1. The first-order chi connectivity index (χ1) is 6.67. The zero-order chi connectivity index (χ0) is 10.2. The molecule has 1 fully saturated rings. The molecule has 0 saturated carbocycles. The van der Waals surface area contributed by atoms with Crippen LogP contribution in [0, 0.1) is 0 Å². The van der Waals surface area contributed by atoms with E-state index in [0.717, 1.165) is 11.0 Å². The second kappa shape index (κ2) is 3.62. The Hall–Kier alpha value is -0.420. The standard InChI is InChI=1S/C9H13BrFN3/c1-2-14-8(7(10)5-13-14)9(11)3-4-12-6-9/h5,12H,2-4,6H2,1H3. The van der Waals surface area contributed by atoms with Gasteiger partial charge in [-0.05, 0) is 29.4 Å². The molecule has 14 heavy (non-hydrogen) atoms. The van der Waals surface area contributed by atoms with Crippen molar-refractivity contribution in [1.29, 1.82) is 0 Å². The van der Waals surface area contributed by atoms with Gasteiger partial charge in [0.15, 0.2) is 5.67 Å². The third kappa shape index (κ3) is 1.48. The van der Waals surface area contributed by atoms with Crippen LogP contribution in [0.15, 0.2) is 10.7 Å². The van der Waals surface area contributed by atoms with Gasteiger partial charge in [-0.15, -0.1) is 0 Å². The van der Waals surface area contributed by atoms with Crippen LogP contribution in [0.5, 0.6) is 0 Å². The number of nitrogens with one attached hydrogen (secondary N) is 1. The van der Waals surface area contributed by atoms with Gasteiger partial charge in [-0.3, -0.25) is 4.68 Å². The molecule has 1 N–H and O–H groups in total. The zero-order valence-corrected chi connectivity index (χ0v) is 9.64. The molecule has 78 valence electrons. The SMILES string of the molecule is CCn1ncc(Br)c1C1(F)CCNC1. The van der Waals surface area contributed by atoms with E-state index in [2.05, 4.69) is 26.3 Å². The smallest absolute Gasteiger partial charge is 0.167 e. The quantitative estimate of drug-likeness (QED) is 0.881. The van der Waals surface area contributed by atoms with Crippen molar-refractivity contribution in [3.05, 3.63) is 16.4 Å². The fraction of sp³-hybridized carbons (Fsp3) is 0.667. The lowest BCUT2D eigenvalue weighted by Crippen LogP contribution is -2.27. The number of aromatic nitrogens is 2. The maximum atomic E-state index is 14.4. The Morgan fingerprint density at radius 1 is 1.79 bits per heavy atom. The van der Waals surface area contributed by atoms with E-state index in [0.29, 0.717) is 25.2 Å². The number of alkyl halides is 1. The minimum absolute atomic E-state index is 0.386. The molecule has 1 unspecified atom stereocenters. The van der Waals surface area contributed by atoms with Crippen LogP contribution in [-0.2, 0) is 12.2 Å². The fourth-order valence-corrected chi connectivity index (χ4v) is 2.56. The highest BCUT2D eigenvalue weighted by molar-refractivity contribution is 9.10. The maximum absolute atomic E-state index is 14.4. The topological polar surface area (TPSA) is 29.9 Å². The molecule has 0 spiro atoms. The van der Waals surface area contributed by atoms with Crippen molar-refractivity contribution in [2.75, 3.05) is 13.1 Å². The van der Waals surface area contributed by atoms with E-state index >= 15 is 0 Å². The van der Waals surface area contributed by atoms with E-state index < -0.39 is 5.67 Å². The molecular weight excluding hydrogens is 249 g/mol. The Labute approximate surface area is 90.8 Å². The molecule has 2 heterocycles. The van der Waals surface area contributed by atoms with Gasteiger partial charge >= 0.3 is 0 Å². The Balaban J connectivity index is 2.42. The van der Waals surface area contributed by atoms with Crippen LogP contribution in [0.1, 0.15) is 19.0 Å². The monoisotopic (exact) mass is 261 g/mol. The van der Waals surface area contributed by atoms with Crippen LogP contribution >= 0.6 is 15.9 Å². The molecule has 5 heteroatoms. The van der Waals surface area contributed by atoms with Crippen molar-refractivity contribution >= 4 is 15.9 Å². The molecule has 0 aromatic carbocycles. The molecular formula is C9H13BrFN3. The summed E-state index contributed by atoms with van der Waals surface area (Å²) >= 11 is 3.35. The minimum atomic E-state index is -1.26. The summed E-state index contributed by atoms with van der Waals surface area (Å²) in [4.78, 5) is 0. The van der Waals surface area contributed by atoms with Crippen LogP contribution in [0.25, 0.3) is 0 Å². The average Bonchev–Trinajstić information content (AvgIpc) is 2.73. The van der Waals surface area contributed by atoms with Crippen molar-refractivity contribution in [2.24, 2.45) is 0 Å². The normalized spacial score (nSPS) is 27.1. The summed E-state index contributed by atoms with van der Waals surface area (Å²) in [7, 11) is 0. The molecule has 0 amide bonds. The second-order valence-corrected chi connectivity index (χ2v) is 4.40. The van der Waals surface area contributed by atoms with Crippen molar-refractivity contribution in [2.45, 2.75) is 25.6 Å². The van der Waals surface area contributed by atoms with Gasteiger partial charge in [-0.2, -0.15) is 5.10 Å². The number of hydrogen-bond acceptors (Lipinski definition) is 2. The highest BCUT2D eigenvalue weighted by Gasteiger charge is 2.40. The van der Waals surface area contributed by atoms with Crippen LogP contribution in [0.2, 0.25) is 0 Å². The predicted molar refractivity (Wildman–Crippen MR) is 55.9 cm³/mol. The highest BCUT2D eigenvalue weighted by atomic mass is 79.9. The number of nitrogens with zero attached hydrogens (tertiary/aromatic N) is 2. The average molecular weight is 262 g/mol. The van der Waals surface area contributed by atoms with Crippen molar-refractivity contribution in [3.63, 3.8) is 0 Å². The number of hydrogen-bond donors (Lipinski definition) is 1. The van der Waals surface area contributed by atoms with Crippen LogP contribution < -0.4 is 5.32 Å². The summed E-state index contributed by atoms with van der Waals surface area (Å²) in [6.07, 6.45) is 2.19. The summed E-state index contributed by atoms with van der Waals surface area (Å²) in [5, 5.41) is 7.17. The zero-order valence-electron chi connectivity index (χ0n) is 8.06. The molecule has 2 rings (SSSR count). The molecule has 0 bridgehead atoms. The van der Waals surface area contributed by atoms with Crippen molar-refractivity contribution in [1.82, 2.24) is 15.1 Å². The van der Waals surface area contributed by atoms with Gasteiger partial charge in [-0.1, -0.05) is 0 Å². The van der Waals surface area contributed by atoms with E-state index in [1.165, 1.54) is 0 Å². The van der Waals surface area contributed by atoms with Gasteiger partial charge in [0.25, 0.3) is 0 Å². The second-order valence-electron chi connectivity index (χ2n) is 3.55. The molecule has 0 radical (unpaired) electrons. The van der Waals surface area contributed by atoms with Gasteiger partial charge in [0.2, 0.25) is 0 Å². The number of halogens is 2. The summed E-state index contributed by atoms with van der Waals surface area (Å²) in [5.74, 6) is 0. The summed E-state index contributed by atoms with van der Waals surface area (Å²) < 4.78 is 16.9. The largest absolute Gasteiger partial charge is 0.313 e. The molecule has 1 saturated heterocycles. The molecule has 1 aromatic rings. The Morgan fingerprint density at radius 2 is 2.57 bits per heavy atom. The Morgan fingerprint density at radius 3 is 3.14 bits per heavy atom. The van der Waals surface area contributed by atoms with Crippen molar-refractivity contribution < 1.29 is 4.39 Å². The molecule has 1 aromatic heterocycles. The third-order valence-corrected chi connectivity index (χ3v) is 3.20. The minimum Gasteiger partial charge on any atom is -0.313 e. The Kier molecular flexibility index (Phi) is 2.62. The molecule has 1 aliphatic rings. The van der Waals surface area contributed by atoms with Gasteiger partial charge in [0, 0.05) is 19.5 Å². The van der Waals surface area contributed by atoms with Gasteiger partial charge in [-0.25, -0.2) is 4.39 Å². The number of rotatable bonds is 2. The molecule has 3 nitrogen and oxygen atoms in total. The highest BCUT2D eigenvalue weighted by Crippen LogP contribution is 2.36. The van der Waals surface area contributed by atoms with E-state index in [1.54, 1.807) is 10.9 Å². The Bertz CT molecular complexity index is 331. The lowest BCUT2D eigenvalue weighted by atomic mass is 10.0. The summed E-state index contributed by atoms with van der Waals surface area (Å²) in [6.45, 7) is 3.79. The van der Waals surface area contributed by atoms with Gasteiger partial charge < -0.3 is 5.32 Å². The van der Waals surface area contributed by atoms with Gasteiger partial charge in [0.1, 0.15) is 0 Å². The van der Waals surface area contributed by atoms with Crippen LogP contribution in [-0.4, -0.2) is 22.9 Å². The predicted octanol–water partition coefficient (Wildman–Crippen LogP) is 1.82. The summed E-state index contributed by atoms with van der Waals surface area (Å²) in [6, 6.07) is 0. The first kappa shape index (κ1) is 10.1. The summed E-state index contributed by atoms with van der Waals surface area (Å²) in [5.41, 5.74) is -0.587. The van der Waals surface area contributed by atoms with E-state index in [-0.39, 0.29) is 0 Å². The van der Waals surface area contributed by atoms with Crippen molar-refractivity contribution in [3.8, 4) is 0 Å². The molecule has 1 aliphatic heterocycles. The fourth-order valence-electron chi connectivity index (χ4n) is 1.91. The third-order valence-electron chi connectivity index (χ3n) is 2.62. The first-order valence-corrected chi connectivity index (χ1v) is 5.58. The molecule has 0 aliphatic carbocycles. The molecule has 1 atom stereocenters. The van der Waals surface area contributed by atoms with E-state index in [4.69, 9.17) is 0 Å². The van der Waals surface area contributed by atoms with E-state index in [9.17, 15) is 4.39 Å². The lowest BCUT2D eigenvalue weighted by Gasteiger charge is -2.20.